The van der Waals surface area contributed by atoms with Gasteiger partial charge < -0.3 is 15.0 Å². The SMILES string of the molecule is CCN(CCOC)c1cnc(C(C)C)nc1CNC(C)C. The van der Waals surface area contributed by atoms with Gasteiger partial charge in [0, 0.05) is 38.7 Å². The Morgan fingerprint density at radius 1 is 1.29 bits per heavy atom. The maximum absolute atomic E-state index is 5.20. The first-order chi connectivity index (χ1) is 9.99. The first-order valence-electron chi connectivity index (χ1n) is 7.82. The van der Waals surface area contributed by atoms with Crippen molar-refractivity contribution < 1.29 is 4.74 Å². The van der Waals surface area contributed by atoms with Crippen LogP contribution in [0.2, 0.25) is 0 Å². The lowest BCUT2D eigenvalue weighted by atomic mass is 10.2. The zero-order chi connectivity index (χ0) is 15.8. The van der Waals surface area contributed by atoms with Gasteiger partial charge in [-0.05, 0) is 6.92 Å². The van der Waals surface area contributed by atoms with E-state index in [1.807, 2.05) is 6.20 Å². The largest absolute Gasteiger partial charge is 0.383 e. The maximum Gasteiger partial charge on any atom is 0.131 e. The number of nitrogens with one attached hydrogen (secondary N) is 1. The number of rotatable bonds is 9. The van der Waals surface area contributed by atoms with Gasteiger partial charge in [0.25, 0.3) is 0 Å². The van der Waals surface area contributed by atoms with E-state index < -0.39 is 0 Å². The minimum Gasteiger partial charge on any atom is -0.383 e. The summed E-state index contributed by atoms with van der Waals surface area (Å²) in [5, 5.41) is 3.46. The molecule has 0 saturated carbocycles. The molecule has 0 amide bonds. The van der Waals surface area contributed by atoms with Gasteiger partial charge in [-0.1, -0.05) is 27.7 Å². The molecule has 0 fully saturated rings. The van der Waals surface area contributed by atoms with Gasteiger partial charge >= 0.3 is 0 Å². The third kappa shape index (κ3) is 5.59. The fourth-order valence-electron chi connectivity index (χ4n) is 2.05. The lowest BCUT2D eigenvalue weighted by Gasteiger charge is -2.25. The third-order valence-corrected chi connectivity index (χ3v) is 3.35. The van der Waals surface area contributed by atoms with Crippen LogP contribution < -0.4 is 10.2 Å². The summed E-state index contributed by atoms with van der Waals surface area (Å²) in [5.74, 6) is 1.24. The van der Waals surface area contributed by atoms with Crippen LogP contribution in [0.5, 0.6) is 0 Å². The first-order valence-corrected chi connectivity index (χ1v) is 7.82. The summed E-state index contributed by atoms with van der Waals surface area (Å²) in [6.45, 7) is 13.9. The van der Waals surface area contributed by atoms with Crippen molar-refractivity contribution in [1.29, 1.82) is 0 Å². The van der Waals surface area contributed by atoms with Crippen molar-refractivity contribution in [3.63, 3.8) is 0 Å². The van der Waals surface area contributed by atoms with E-state index in [9.17, 15) is 0 Å². The second-order valence-corrected chi connectivity index (χ2v) is 5.82. The quantitative estimate of drug-likeness (QED) is 0.758. The topological polar surface area (TPSA) is 50.3 Å². The monoisotopic (exact) mass is 294 g/mol. The molecule has 1 heterocycles. The average Bonchev–Trinajstić information content (AvgIpc) is 2.46. The van der Waals surface area contributed by atoms with E-state index in [0.717, 1.165) is 36.8 Å². The molecule has 0 aliphatic heterocycles. The van der Waals surface area contributed by atoms with Crippen LogP contribution in [0.3, 0.4) is 0 Å². The van der Waals surface area contributed by atoms with Gasteiger partial charge in [0.1, 0.15) is 5.82 Å². The number of ether oxygens (including phenoxy) is 1. The summed E-state index contributed by atoms with van der Waals surface area (Å²) < 4.78 is 5.20. The Hall–Kier alpha value is -1.20. The predicted octanol–water partition coefficient (Wildman–Crippen LogP) is 2.57. The highest BCUT2D eigenvalue weighted by Gasteiger charge is 2.14. The van der Waals surface area contributed by atoms with Crippen molar-refractivity contribution in [2.45, 2.75) is 53.1 Å². The molecule has 0 atom stereocenters. The summed E-state index contributed by atoms with van der Waals surface area (Å²) in [6, 6.07) is 0.435. The molecule has 1 aromatic heterocycles. The Balaban J connectivity index is 3.03. The zero-order valence-electron chi connectivity index (χ0n) is 14.3. The maximum atomic E-state index is 5.20. The van der Waals surface area contributed by atoms with Gasteiger partial charge in [0.15, 0.2) is 0 Å². The van der Waals surface area contributed by atoms with Crippen LogP contribution in [0, 0.1) is 0 Å². The Morgan fingerprint density at radius 3 is 2.52 bits per heavy atom. The molecule has 0 aliphatic rings. The van der Waals surface area contributed by atoms with Crippen molar-refractivity contribution in [3.05, 3.63) is 17.7 Å². The van der Waals surface area contributed by atoms with E-state index in [2.05, 4.69) is 49.8 Å². The van der Waals surface area contributed by atoms with Crippen LogP contribution >= 0.6 is 0 Å². The molecule has 1 N–H and O–H groups in total. The highest BCUT2D eigenvalue weighted by Crippen LogP contribution is 2.20. The normalized spacial score (nSPS) is 11.4. The molecule has 0 unspecified atom stereocenters. The second kappa shape index (κ2) is 8.95. The zero-order valence-corrected chi connectivity index (χ0v) is 14.3. The predicted molar refractivity (Wildman–Crippen MR) is 87.9 cm³/mol. The lowest BCUT2D eigenvalue weighted by Crippen LogP contribution is -2.30. The molecule has 0 bridgehead atoms. The number of hydrogen-bond donors (Lipinski definition) is 1. The molecule has 5 heteroatoms. The van der Waals surface area contributed by atoms with Gasteiger partial charge in [0.05, 0.1) is 24.2 Å². The Morgan fingerprint density at radius 2 is 2.00 bits per heavy atom. The first kappa shape index (κ1) is 17.9. The van der Waals surface area contributed by atoms with Crippen LogP contribution in [-0.4, -0.2) is 42.8 Å². The van der Waals surface area contributed by atoms with E-state index in [4.69, 9.17) is 9.72 Å². The fraction of sp³-hybridized carbons (Fsp3) is 0.750. The molecule has 0 spiro atoms. The number of nitrogens with zero attached hydrogens (tertiary/aromatic N) is 3. The molecule has 1 rings (SSSR count). The van der Waals surface area contributed by atoms with Crippen molar-refractivity contribution in [2.24, 2.45) is 0 Å². The smallest absolute Gasteiger partial charge is 0.131 e. The van der Waals surface area contributed by atoms with Gasteiger partial charge in [-0.25, -0.2) is 9.97 Å². The fourth-order valence-corrected chi connectivity index (χ4v) is 2.05. The molecule has 120 valence electrons. The minimum atomic E-state index is 0.339. The molecule has 0 saturated heterocycles. The van der Waals surface area contributed by atoms with E-state index in [0.29, 0.717) is 18.6 Å². The molecule has 1 aromatic rings. The summed E-state index contributed by atoms with van der Waals surface area (Å²) in [7, 11) is 1.73. The molecule has 5 nitrogen and oxygen atoms in total. The van der Waals surface area contributed by atoms with E-state index >= 15 is 0 Å². The Bertz CT molecular complexity index is 421. The van der Waals surface area contributed by atoms with Gasteiger partial charge in [-0.2, -0.15) is 0 Å². The lowest BCUT2D eigenvalue weighted by molar-refractivity contribution is 0.205. The van der Waals surface area contributed by atoms with Gasteiger partial charge in [-0.15, -0.1) is 0 Å². The summed E-state index contributed by atoms with van der Waals surface area (Å²) in [4.78, 5) is 11.6. The summed E-state index contributed by atoms with van der Waals surface area (Å²) in [6.07, 6.45) is 1.96. The van der Waals surface area contributed by atoms with Crippen LogP contribution in [0.4, 0.5) is 5.69 Å². The van der Waals surface area contributed by atoms with Crippen LogP contribution in [0.15, 0.2) is 6.20 Å². The Labute approximate surface area is 129 Å². The third-order valence-electron chi connectivity index (χ3n) is 3.35. The number of aromatic nitrogens is 2. The highest BCUT2D eigenvalue weighted by atomic mass is 16.5. The summed E-state index contributed by atoms with van der Waals surface area (Å²) in [5.41, 5.74) is 2.17. The van der Waals surface area contributed by atoms with E-state index in [-0.39, 0.29) is 0 Å². The second-order valence-electron chi connectivity index (χ2n) is 5.82. The van der Waals surface area contributed by atoms with Crippen LogP contribution in [0.1, 0.15) is 52.1 Å². The van der Waals surface area contributed by atoms with Crippen LogP contribution in [0.25, 0.3) is 0 Å². The van der Waals surface area contributed by atoms with Crippen LogP contribution in [-0.2, 0) is 11.3 Å². The van der Waals surface area contributed by atoms with E-state index in [1.54, 1.807) is 7.11 Å². The molecule has 0 aromatic carbocycles. The van der Waals surface area contributed by atoms with Crippen molar-refractivity contribution in [1.82, 2.24) is 15.3 Å². The Kier molecular flexibility index (Phi) is 7.61. The number of anilines is 1. The van der Waals surface area contributed by atoms with Gasteiger partial charge in [-0.3, -0.25) is 0 Å². The molecular formula is C16H30N4O. The molecule has 0 aliphatic carbocycles. The van der Waals surface area contributed by atoms with E-state index in [1.165, 1.54) is 0 Å². The van der Waals surface area contributed by atoms with Crippen molar-refractivity contribution in [3.8, 4) is 0 Å². The summed E-state index contributed by atoms with van der Waals surface area (Å²) >= 11 is 0. The van der Waals surface area contributed by atoms with Crippen molar-refractivity contribution in [2.75, 3.05) is 31.7 Å². The van der Waals surface area contributed by atoms with Gasteiger partial charge in [0.2, 0.25) is 0 Å². The average molecular weight is 294 g/mol. The minimum absolute atomic E-state index is 0.339. The number of likely N-dealkylation sites (N-methyl/N-ethyl adjacent to an activating group) is 1. The molecule has 21 heavy (non-hydrogen) atoms. The molecular weight excluding hydrogens is 264 g/mol. The number of methoxy groups -OCH3 is 1. The standard InChI is InChI=1S/C16H30N4O/c1-7-20(8-9-21-6)15-11-18-16(12(2)3)19-14(15)10-17-13(4)5/h11-13,17H,7-10H2,1-6H3. The van der Waals surface area contributed by atoms with Crippen molar-refractivity contribution >= 4 is 5.69 Å². The molecule has 0 radical (unpaired) electrons. The number of hydrogen-bond acceptors (Lipinski definition) is 5. The highest BCUT2D eigenvalue weighted by molar-refractivity contribution is 5.49.